The number of benzene rings is 1. The van der Waals surface area contributed by atoms with Crippen LogP contribution >= 0.6 is 0 Å². The average Bonchev–Trinajstić information content (AvgIpc) is 2.62. The first-order valence-corrected chi connectivity index (χ1v) is 8.65. The van der Waals surface area contributed by atoms with Gasteiger partial charge in [-0.25, -0.2) is 9.97 Å². The number of amides is 1. The lowest BCUT2D eigenvalue weighted by atomic mass is 9.88. The van der Waals surface area contributed by atoms with E-state index >= 15 is 0 Å². The van der Waals surface area contributed by atoms with Gasteiger partial charge in [0.2, 0.25) is 5.91 Å². The van der Waals surface area contributed by atoms with Gasteiger partial charge in [-0.15, -0.1) is 0 Å². The van der Waals surface area contributed by atoms with E-state index < -0.39 is 0 Å². The Balaban J connectivity index is 1.84. The van der Waals surface area contributed by atoms with E-state index in [4.69, 9.17) is 0 Å². The van der Waals surface area contributed by atoms with Crippen LogP contribution < -0.4 is 5.32 Å². The van der Waals surface area contributed by atoms with E-state index in [1.165, 1.54) is 0 Å². The van der Waals surface area contributed by atoms with Crippen LogP contribution in [0.4, 0.5) is 5.69 Å². The zero-order valence-corrected chi connectivity index (χ0v) is 15.2. The lowest BCUT2D eigenvalue weighted by Crippen LogP contribution is -2.25. The van der Waals surface area contributed by atoms with Crippen molar-refractivity contribution in [1.82, 2.24) is 15.0 Å². The van der Waals surface area contributed by atoms with Gasteiger partial charge in [-0.1, -0.05) is 32.0 Å². The summed E-state index contributed by atoms with van der Waals surface area (Å²) in [4.78, 5) is 25.6. The molecule has 0 saturated heterocycles. The number of anilines is 1. The van der Waals surface area contributed by atoms with Crippen LogP contribution in [0.15, 0.2) is 61.1 Å². The maximum Gasteiger partial charge on any atom is 0.232 e. The molecule has 0 bridgehead atoms. The van der Waals surface area contributed by atoms with Crippen LogP contribution in [0, 0.1) is 12.8 Å². The number of pyridine rings is 1. The Morgan fingerprint density at radius 2 is 1.92 bits per heavy atom. The van der Waals surface area contributed by atoms with Crippen molar-refractivity contribution in [2.45, 2.75) is 26.7 Å². The van der Waals surface area contributed by atoms with Gasteiger partial charge in [-0.2, -0.15) is 0 Å². The molecule has 1 atom stereocenters. The van der Waals surface area contributed by atoms with E-state index in [0.29, 0.717) is 5.82 Å². The fraction of sp³-hybridized carbons (Fsp3) is 0.238. The molecule has 5 heteroatoms. The molecule has 3 rings (SSSR count). The van der Waals surface area contributed by atoms with E-state index in [-0.39, 0.29) is 17.7 Å². The van der Waals surface area contributed by atoms with Crippen LogP contribution in [-0.4, -0.2) is 20.9 Å². The molecule has 0 aliphatic heterocycles. The summed E-state index contributed by atoms with van der Waals surface area (Å²) in [6.07, 6.45) is 5.20. The van der Waals surface area contributed by atoms with Crippen molar-refractivity contribution in [3.05, 3.63) is 72.4 Å². The van der Waals surface area contributed by atoms with Crippen molar-refractivity contribution in [2.75, 3.05) is 5.32 Å². The predicted molar refractivity (Wildman–Crippen MR) is 103 cm³/mol. The van der Waals surface area contributed by atoms with Gasteiger partial charge in [0.15, 0.2) is 0 Å². The molecule has 0 radical (unpaired) electrons. The minimum Gasteiger partial charge on any atom is -0.326 e. The van der Waals surface area contributed by atoms with Crippen molar-refractivity contribution in [2.24, 2.45) is 5.92 Å². The van der Waals surface area contributed by atoms with E-state index in [9.17, 15) is 4.79 Å². The third-order valence-corrected chi connectivity index (χ3v) is 4.19. The molecule has 0 fully saturated rings. The number of hydrogen-bond acceptors (Lipinski definition) is 4. The lowest BCUT2D eigenvalue weighted by molar-refractivity contribution is -0.118. The molecule has 1 unspecified atom stereocenters. The van der Waals surface area contributed by atoms with Crippen LogP contribution in [0.2, 0.25) is 0 Å². The minimum absolute atomic E-state index is 0.0379. The number of nitrogens with one attached hydrogen (secondary N) is 1. The van der Waals surface area contributed by atoms with Gasteiger partial charge in [0.05, 0.1) is 11.6 Å². The van der Waals surface area contributed by atoms with Crippen molar-refractivity contribution >= 4 is 11.6 Å². The van der Waals surface area contributed by atoms with Gasteiger partial charge >= 0.3 is 0 Å². The molecule has 2 aromatic heterocycles. The molecule has 1 amide bonds. The summed E-state index contributed by atoms with van der Waals surface area (Å²) in [6, 6.07) is 13.4. The minimum atomic E-state index is -0.256. The average molecular weight is 346 g/mol. The van der Waals surface area contributed by atoms with Crippen LogP contribution in [0.25, 0.3) is 11.3 Å². The Bertz CT molecular complexity index is 893. The molecular formula is C21H22N4O. The fourth-order valence-electron chi connectivity index (χ4n) is 2.99. The lowest BCUT2D eigenvalue weighted by Gasteiger charge is -2.20. The van der Waals surface area contributed by atoms with E-state index in [2.05, 4.69) is 20.3 Å². The number of carbonyl (C=O) groups excluding carboxylic acids is 1. The smallest absolute Gasteiger partial charge is 0.232 e. The highest BCUT2D eigenvalue weighted by molar-refractivity contribution is 5.96. The summed E-state index contributed by atoms with van der Waals surface area (Å²) < 4.78 is 0. The Morgan fingerprint density at radius 3 is 2.62 bits per heavy atom. The van der Waals surface area contributed by atoms with E-state index in [1.807, 2.05) is 63.2 Å². The monoisotopic (exact) mass is 346 g/mol. The highest BCUT2D eigenvalue weighted by Gasteiger charge is 2.24. The quantitative estimate of drug-likeness (QED) is 0.751. The van der Waals surface area contributed by atoms with Crippen LogP contribution in [0.3, 0.4) is 0 Å². The van der Waals surface area contributed by atoms with Gasteiger partial charge in [0, 0.05) is 29.8 Å². The van der Waals surface area contributed by atoms with Gasteiger partial charge in [-0.05, 0) is 42.7 Å². The molecule has 0 aliphatic rings. The molecule has 3 aromatic rings. The van der Waals surface area contributed by atoms with Crippen molar-refractivity contribution < 1.29 is 4.79 Å². The Kier molecular flexibility index (Phi) is 5.37. The second-order valence-corrected chi connectivity index (χ2v) is 6.57. The fourth-order valence-corrected chi connectivity index (χ4v) is 2.99. The Labute approximate surface area is 153 Å². The van der Waals surface area contributed by atoms with Gasteiger partial charge in [0.25, 0.3) is 0 Å². The van der Waals surface area contributed by atoms with Gasteiger partial charge < -0.3 is 5.32 Å². The molecule has 26 heavy (non-hydrogen) atoms. The Hall–Kier alpha value is -3.08. The zero-order valence-electron chi connectivity index (χ0n) is 15.2. The number of hydrogen-bond donors (Lipinski definition) is 1. The standard InChI is InChI=1S/C21H22N4O/c1-14(2)20(17-7-5-10-22-13-17)21(26)25-18-8-4-6-16(12-18)19-9-11-23-15(3)24-19/h4-14,20H,1-3H3,(H,25,26). The molecule has 0 spiro atoms. The van der Waals surface area contributed by atoms with E-state index in [0.717, 1.165) is 22.5 Å². The van der Waals surface area contributed by atoms with Crippen LogP contribution in [-0.2, 0) is 4.79 Å². The van der Waals surface area contributed by atoms with E-state index in [1.54, 1.807) is 18.6 Å². The van der Waals surface area contributed by atoms with Crippen LogP contribution in [0.5, 0.6) is 0 Å². The SMILES string of the molecule is Cc1nccc(-c2cccc(NC(=O)C(c3cccnc3)C(C)C)c2)n1. The number of nitrogens with zero attached hydrogens (tertiary/aromatic N) is 3. The molecular weight excluding hydrogens is 324 g/mol. The highest BCUT2D eigenvalue weighted by atomic mass is 16.1. The first-order chi connectivity index (χ1) is 12.5. The molecule has 0 saturated carbocycles. The summed E-state index contributed by atoms with van der Waals surface area (Å²) in [5.41, 5.74) is 3.44. The number of rotatable bonds is 5. The maximum atomic E-state index is 12.9. The summed E-state index contributed by atoms with van der Waals surface area (Å²) in [5, 5.41) is 3.04. The molecule has 2 heterocycles. The summed E-state index contributed by atoms with van der Waals surface area (Å²) in [7, 11) is 0. The summed E-state index contributed by atoms with van der Waals surface area (Å²) in [5.74, 6) is 0.581. The predicted octanol–water partition coefficient (Wildman–Crippen LogP) is 4.23. The molecule has 0 aliphatic carbocycles. The molecule has 5 nitrogen and oxygen atoms in total. The summed E-state index contributed by atoms with van der Waals surface area (Å²) >= 11 is 0. The van der Waals surface area contributed by atoms with Gasteiger partial charge in [-0.3, -0.25) is 9.78 Å². The van der Waals surface area contributed by atoms with Crippen molar-refractivity contribution in [1.29, 1.82) is 0 Å². The molecule has 1 aromatic carbocycles. The van der Waals surface area contributed by atoms with Crippen LogP contribution in [0.1, 0.15) is 31.2 Å². The molecule has 1 N–H and O–H groups in total. The number of aromatic nitrogens is 3. The topological polar surface area (TPSA) is 67.8 Å². The second kappa shape index (κ2) is 7.87. The maximum absolute atomic E-state index is 12.9. The normalized spacial score (nSPS) is 12.0. The van der Waals surface area contributed by atoms with Crippen molar-refractivity contribution in [3.8, 4) is 11.3 Å². The number of aryl methyl sites for hydroxylation is 1. The zero-order chi connectivity index (χ0) is 18.5. The largest absolute Gasteiger partial charge is 0.326 e. The number of carbonyl (C=O) groups is 1. The van der Waals surface area contributed by atoms with Crippen molar-refractivity contribution in [3.63, 3.8) is 0 Å². The molecule has 132 valence electrons. The summed E-state index contributed by atoms with van der Waals surface area (Å²) in [6.45, 7) is 5.94. The first-order valence-electron chi connectivity index (χ1n) is 8.65. The highest BCUT2D eigenvalue weighted by Crippen LogP contribution is 2.27. The van der Waals surface area contributed by atoms with Gasteiger partial charge in [0.1, 0.15) is 5.82 Å². The first kappa shape index (κ1) is 17.7. The second-order valence-electron chi connectivity index (χ2n) is 6.57. The Morgan fingerprint density at radius 1 is 1.08 bits per heavy atom. The third kappa shape index (κ3) is 4.11. The third-order valence-electron chi connectivity index (χ3n) is 4.19.